The van der Waals surface area contributed by atoms with E-state index in [0.29, 0.717) is 0 Å². The van der Waals surface area contributed by atoms with Crippen molar-refractivity contribution in [2.45, 2.75) is 65.8 Å². The van der Waals surface area contributed by atoms with Gasteiger partial charge >= 0.3 is 25.8 Å². The van der Waals surface area contributed by atoms with E-state index in [4.69, 9.17) is 10.3 Å². The molecular formula is C44H51HfN3. The first-order chi connectivity index (χ1) is 22.9. The van der Waals surface area contributed by atoms with Gasteiger partial charge in [-0.05, 0) is 47.5 Å². The van der Waals surface area contributed by atoms with Crippen molar-refractivity contribution in [1.29, 1.82) is 0 Å². The first-order valence-corrected chi connectivity index (χ1v) is 16.8. The molecule has 0 fully saturated rings. The van der Waals surface area contributed by atoms with Crippen molar-refractivity contribution in [3.05, 3.63) is 187 Å². The van der Waals surface area contributed by atoms with Gasteiger partial charge in [-0.2, -0.15) is 73.9 Å². The number of hydrogen-bond acceptors (Lipinski definition) is 1. The first-order valence-electron chi connectivity index (χ1n) is 16.8. The molecule has 4 heteroatoms. The van der Waals surface area contributed by atoms with Crippen LogP contribution in [0.15, 0.2) is 134 Å². The van der Waals surface area contributed by atoms with Crippen molar-refractivity contribution in [3.63, 3.8) is 0 Å². The van der Waals surface area contributed by atoms with Crippen molar-refractivity contribution >= 4 is 22.5 Å². The smallest absolute Gasteiger partial charge is 0.436 e. The summed E-state index contributed by atoms with van der Waals surface area (Å²) in [5.74, 6) is 0.815. The zero-order valence-electron chi connectivity index (χ0n) is 29.1. The molecule has 0 radical (unpaired) electrons. The molecular weight excluding hydrogens is 749 g/mol. The Morgan fingerprint density at radius 2 is 1.04 bits per heavy atom. The summed E-state index contributed by atoms with van der Waals surface area (Å²) in [4.78, 5) is 4.88. The van der Waals surface area contributed by atoms with Crippen molar-refractivity contribution in [3.8, 4) is 0 Å². The van der Waals surface area contributed by atoms with Gasteiger partial charge in [0.1, 0.15) is 0 Å². The summed E-state index contributed by atoms with van der Waals surface area (Å²) in [6, 6.07) is 42.6. The van der Waals surface area contributed by atoms with Gasteiger partial charge in [-0.1, -0.05) is 94.4 Å². The maximum absolute atomic E-state index is 5.00. The van der Waals surface area contributed by atoms with Crippen LogP contribution >= 0.6 is 0 Å². The van der Waals surface area contributed by atoms with E-state index in [1.807, 2.05) is 97.1 Å². The van der Waals surface area contributed by atoms with Gasteiger partial charge in [0, 0.05) is 18.4 Å². The van der Waals surface area contributed by atoms with Crippen LogP contribution in [0, 0.1) is 20.8 Å². The van der Waals surface area contributed by atoms with Crippen LogP contribution in [0.3, 0.4) is 0 Å². The van der Waals surface area contributed by atoms with E-state index in [1.165, 1.54) is 29.4 Å². The normalized spacial score (nSPS) is 9.81. The predicted molar refractivity (Wildman–Crippen MR) is 204 cm³/mol. The van der Waals surface area contributed by atoms with Crippen molar-refractivity contribution in [2.75, 3.05) is 0 Å². The van der Waals surface area contributed by atoms with Crippen LogP contribution in [0.25, 0.3) is 16.4 Å². The predicted octanol–water partition coefficient (Wildman–Crippen LogP) is 12.7. The van der Waals surface area contributed by atoms with Gasteiger partial charge in [0.25, 0.3) is 0 Å². The van der Waals surface area contributed by atoms with Gasteiger partial charge in [0.15, 0.2) is 0 Å². The fourth-order valence-electron chi connectivity index (χ4n) is 4.90. The summed E-state index contributed by atoms with van der Waals surface area (Å²) < 4.78 is 2.25. The minimum atomic E-state index is 0. The van der Waals surface area contributed by atoms with E-state index in [1.54, 1.807) is 0 Å². The zero-order valence-corrected chi connectivity index (χ0v) is 32.7. The summed E-state index contributed by atoms with van der Waals surface area (Å²) >= 11 is 0. The van der Waals surface area contributed by atoms with Gasteiger partial charge in [-0.25, -0.2) is 0 Å². The molecule has 0 aliphatic rings. The van der Waals surface area contributed by atoms with Crippen molar-refractivity contribution in [2.24, 2.45) is 0 Å². The van der Waals surface area contributed by atoms with Gasteiger partial charge < -0.3 is 14.9 Å². The number of para-hydroxylation sites is 1. The van der Waals surface area contributed by atoms with E-state index in [-0.39, 0.29) is 25.8 Å². The molecule has 0 saturated carbocycles. The average molecular weight is 800 g/mol. The number of hydrogen-bond donors (Lipinski definition) is 0. The second kappa shape index (κ2) is 23.2. The van der Waals surface area contributed by atoms with Crippen LogP contribution in [0.2, 0.25) is 0 Å². The molecule has 6 aromatic rings. The fraction of sp³-hybridized carbons (Fsp3) is 0.227. The fourth-order valence-corrected chi connectivity index (χ4v) is 4.90. The summed E-state index contributed by atoms with van der Waals surface area (Å²) in [6.07, 6.45) is 8.89. The van der Waals surface area contributed by atoms with Gasteiger partial charge in [0.2, 0.25) is 0 Å². The second-order valence-corrected chi connectivity index (χ2v) is 11.4. The third kappa shape index (κ3) is 14.3. The molecule has 0 amide bonds. The van der Waals surface area contributed by atoms with Gasteiger partial charge in [0.05, 0.1) is 0 Å². The van der Waals surface area contributed by atoms with Crippen LogP contribution in [-0.4, -0.2) is 9.55 Å². The second-order valence-electron chi connectivity index (χ2n) is 11.4. The van der Waals surface area contributed by atoms with E-state index < -0.39 is 0 Å². The largest absolute Gasteiger partial charge is 4.00 e. The molecule has 0 atom stereocenters. The molecule has 2 aromatic heterocycles. The van der Waals surface area contributed by atoms with Crippen molar-refractivity contribution < 1.29 is 25.8 Å². The Balaban J connectivity index is 0.000000292. The molecule has 0 aliphatic carbocycles. The number of rotatable bonds is 9. The van der Waals surface area contributed by atoms with Crippen LogP contribution in [0.4, 0.5) is 11.5 Å². The molecule has 4 aromatic carbocycles. The SMILES string of the molecule is CCCCn1ccc2ccc([N-]c3c(CCC)cccc3CCC)nc21.[CH2-]c1ccccc1.[CH2-]c1ccccc1.[CH2-]c1ccccc1.[Hf+4]. The van der Waals surface area contributed by atoms with Gasteiger partial charge in [-0.15, -0.1) is 36.4 Å². The van der Waals surface area contributed by atoms with Gasteiger partial charge in [-0.3, -0.25) is 0 Å². The topological polar surface area (TPSA) is 31.9 Å². The molecule has 48 heavy (non-hydrogen) atoms. The minimum absolute atomic E-state index is 0. The number of aromatic nitrogens is 2. The van der Waals surface area contributed by atoms with Crippen LogP contribution in [-0.2, 0) is 45.2 Å². The Morgan fingerprint density at radius 3 is 1.44 bits per heavy atom. The maximum atomic E-state index is 5.00. The van der Waals surface area contributed by atoms with E-state index >= 15 is 0 Å². The minimum Gasteiger partial charge on any atom is -0.436 e. The number of unbranched alkanes of at least 4 members (excludes halogenated alkanes) is 1. The Labute approximate surface area is 309 Å². The molecule has 6 rings (SSSR count). The molecule has 246 valence electrons. The standard InChI is InChI=1S/C23H30N3.3C7H7.Hf/c1-4-7-16-26-17-15-20-13-14-21(25-23(20)26)24-22-18(9-5-2)11-8-12-19(22)10-6-3;3*1-7-5-3-2-4-6-7;/h8,11-15,17H,4-7,9-10,16H2,1-3H3;3*2-6H,1H2;/q4*-1;+4. The van der Waals surface area contributed by atoms with E-state index in [0.717, 1.165) is 66.1 Å². The average Bonchev–Trinajstić information content (AvgIpc) is 3.49. The Morgan fingerprint density at radius 1 is 0.562 bits per heavy atom. The van der Waals surface area contributed by atoms with Crippen molar-refractivity contribution in [1.82, 2.24) is 9.55 Å². The monoisotopic (exact) mass is 801 g/mol. The number of benzene rings is 4. The van der Waals surface area contributed by atoms with E-state index in [9.17, 15) is 0 Å². The zero-order chi connectivity index (χ0) is 33.7. The Kier molecular flexibility index (Phi) is 19.4. The van der Waals surface area contributed by atoms with Crippen LogP contribution < -0.4 is 0 Å². The number of aryl methyl sites for hydroxylation is 3. The Bertz CT molecular complexity index is 1570. The quantitative estimate of drug-likeness (QED) is 0.106. The third-order valence-corrected chi connectivity index (χ3v) is 7.35. The maximum Gasteiger partial charge on any atom is 4.00 e. The number of nitrogens with zero attached hydrogens (tertiary/aromatic N) is 3. The summed E-state index contributed by atoms with van der Waals surface area (Å²) in [5, 5.41) is 6.20. The molecule has 0 aliphatic heterocycles. The third-order valence-electron chi connectivity index (χ3n) is 7.35. The first kappa shape index (κ1) is 40.0. The molecule has 0 N–H and O–H groups in total. The van der Waals surface area contributed by atoms with E-state index in [2.05, 4.69) is 82.6 Å². The molecule has 0 bridgehead atoms. The van der Waals surface area contributed by atoms with Crippen LogP contribution in [0.1, 0.15) is 74.3 Å². The number of fused-ring (bicyclic) bond motifs is 1. The summed E-state index contributed by atoms with van der Waals surface area (Å²) in [7, 11) is 0. The summed E-state index contributed by atoms with van der Waals surface area (Å²) in [5.41, 5.74) is 8.07. The number of pyridine rings is 1. The Hall–Kier alpha value is -4.15. The molecule has 2 heterocycles. The summed E-state index contributed by atoms with van der Waals surface area (Å²) in [6.45, 7) is 18.8. The molecule has 3 nitrogen and oxygen atoms in total. The molecule has 0 saturated heterocycles. The molecule has 0 spiro atoms. The van der Waals surface area contributed by atoms with Crippen LogP contribution in [0.5, 0.6) is 0 Å². The molecule has 0 unspecified atom stereocenters.